The molecule has 0 amide bonds. The van der Waals surface area contributed by atoms with E-state index in [9.17, 15) is 0 Å². The molecule has 0 spiro atoms. The standard InChI is InChI=1S/C7H7N3/c1-2-4-7-6(3-1)5-8-10-9-7/h1-5,9-10H. The highest BCUT2D eigenvalue weighted by atomic mass is 15.6. The fraction of sp³-hybridized carbons (Fsp3) is 0. The number of hydrogen-bond acceptors (Lipinski definition) is 3. The molecule has 0 saturated carbocycles. The first-order valence-electron chi connectivity index (χ1n) is 3.10. The Bertz CT molecular complexity index is 267. The second-order valence-electron chi connectivity index (χ2n) is 2.08. The van der Waals surface area contributed by atoms with Gasteiger partial charge in [-0.25, -0.2) is 5.53 Å². The van der Waals surface area contributed by atoms with E-state index in [0.717, 1.165) is 11.3 Å². The van der Waals surface area contributed by atoms with Crippen molar-refractivity contribution >= 4 is 11.9 Å². The van der Waals surface area contributed by atoms with Crippen molar-refractivity contribution in [2.24, 2.45) is 5.10 Å². The van der Waals surface area contributed by atoms with Crippen molar-refractivity contribution in [3.05, 3.63) is 29.8 Å². The summed E-state index contributed by atoms with van der Waals surface area (Å²) in [5.41, 5.74) is 7.75. The van der Waals surface area contributed by atoms with Gasteiger partial charge in [-0.05, 0) is 6.07 Å². The van der Waals surface area contributed by atoms with E-state index in [-0.39, 0.29) is 0 Å². The van der Waals surface area contributed by atoms with E-state index in [1.807, 2.05) is 24.3 Å². The number of nitrogens with zero attached hydrogens (tertiary/aromatic N) is 1. The maximum Gasteiger partial charge on any atom is 0.0644 e. The molecule has 1 aromatic rings. The zero-order valence-corrected chi connectivity index (χ0v) is 5.33. The summed E-state index contributed by atoms with van der Waals surface area (Å²) in [5.74, 6) is 0. The summed E-state index contributed by atoms with van der Waals surface area (Å²) in [6.45, 7) is 0. The van der Waals surface area contributed by atoms with Crippen molar-refractivity contribution in [1.82, 2.24) is 5.53 Å². The molecule has 1 heterocycles. The van der Waals surface area contributed by atoms with Crippen molar-refractivity contribution in [3.63, 3.8) is 0 Å². The van der Waals surface area contributed by atoms with Gasteiger partial charge in [0.15, 0.2) is 0 Å². The molecule has 10 heavy (non-hydrogen) atoms. The maximum atomic E-state index is 3.83. The molecule has 3 heteroatoms. The highest BCUT2D eigenvalue weighted by molar-refractivity contribution is 5.88. The molecule has 0 aliphatic carbocycles. The summed E-state index contributed by atoms with van der Waals surface area (Å²) >= 11 is 0. The molecule has 50 valence electrons. The summed E-state index contributed by atoms with van der Waals surface area (Å²) in [6.07, 6.45) is 1.78. The van der Waals surface area contributed by atoms with Gasteiger partial charge in [-0.1, -0.05) is 18.2 Å². The number of rotatable bonds is 0. The van der Waals surface area contributed by atoms with E-state index in [1.165, 1.54) is 0 Å². The van der Waals surface area contributed by atoms with Crippen LogP contribution in [0.5, 0.6) is 0 Å². The largest absolute Gasteiger partial charge is 0.285 e. The fourth-order valence-corrected chi connectivity index (χ4v) is 0.918. The number of hydrazine groups is 1. The predicted molar refractivity (Wildman–Crippen MR) is 40.8 cm³/mol. The molecule has 1 aromatic carbocycles. The average Bonchev–Trinajstić information content (AvgIpc) is 2.05. The Morgan fingerprint density at radius 2 is 2.10 bits per heavy atom. The summed E-state index contributed by atoms with van der Waals surface area (Å²) in [6, 6.07) is 7.96. The lowest BCUT2D eigenvalue weighted by Crippen LogP contribution is -2.19. The quantitative estimate of drug-likeness (QED) is 0.552. The lowest BCUT2D eigenvalue weighted by atomic mass is 10.2. The minimum absolute atomic E-state index is 1.07. The zero-order valence-electron chi connectivity index (χ0n) is 5.33. The van der Waals surface area contributed by atoms with Gasteiger partial charge in [0, 0.05) is 5.56 Å². The maximum absolute atomic E-state index is 3.83. The van der Waals surface area contributed by atoms with Gasteiger partial charge in [-0.15, -0.1) is 0 Å². The third-order valence-electron chi connectivity index (χ3n) is 1.42. The van der Waals surface area contributed by atoms with Crippen molar-refractivity contribution in [2.45, 2.75) is 0 Å². The smallest absolute Gasteiger partial charge is 0.0644 e. The molecule has 2 N–H and O–H groups in total. The second-order valence-corrected chi connectivity index (χ2v) is 2.08. The Balaban J connectivity index is 2.54. The summed E-state index contributed by atoms with van der Waals surface area (Å²) in [4.78, 5) is 0. The molecule has 0 atom stereocenters. The van der Waals surface area contributed by atoms with Gasteiger partial charge in [0.25, 0.3) is 0 Å². The first-order chi connectivity index (χ1) is 4.97. The van der Waals surface area contributed by atoms with E-state index in [4.69, 9.17) is 0 Å². The van der Waals surface area contributed by atoms with Gasteiger partial charge in [0.2, 0.25) is 0 Å². The lowest BCUT2D eigenvalue weighted by Gasteiger charge is -2.11. The van der Waals surface area contributed by atoms with Gasteiger partial charge in [-0.2, -0.15) is 5.10 Å². The van der Waals surface area contributed by atoms with Crippen LogP contribution in [-0.4, -0.2) is 6.21 Å². The second kappa shape index (κ2) is 2.02. The summed E-state index contributed by atoms with van der Waals surface area (Å²) in [7, 11) is 0. The highest BCUT2D eigenvalue weighted by Gasteiger charge is 1.99. The molecule has 1 aliphatic rings. The average molecular weight is 133 g/mol. The fourth-order valence-electron chi connectivity index (χ4n) is 0.918. The molecule has 0 bridgehead atoms. The molecule has 0 aromatic heterocycles. The summed E-state index contributed by atoms with van der Waals surface area (Å²) < 4.78 is 0. The van der Waals surface area contributed by atoms with Crippen LogP contribution < -0.4 is 11.0 Å². The van der Waals surface area contributed by atoms with E-state index in [0.29, 0.717) is 0 Å². The molecular weight excluding hydrogens is 126 g/mol. The number of anilines is 1. The van der Waals surface area contributed by atoms with Crippen LogP contribution in [0.15, 0.2) is 29.4 Å². The van der Waals surface area contributed by atoms with Crippen molar-refractivity contribution in [3.8, 4) is 0 Å². The monoisotopic (exact) mass is 133 g/mol. The first-order valence-corrected chi connectivity index (χ1v) is 3.10. The lowest BCUT2D eigenvalue weighted by molar-refractivity contribution is 0.872. The Hall–Kier alpha value is -1.51. The van der Waals surface area contributed by atoms with Gasteiger partial charge in [-0.3, -0.25) is 5.43 Å². The van der Waals surface area contributed by atoms with E-state index in [2.05, 4.69) is 16.1 Å². The topological polar surface area (TPSA) is 36.4 Å². The SMILES string of the molecule is C1=NNNc2ccccc21. The number of para-hydroxylation sites is 1. The molecular formula is C7H7N3. The van der Waals surface area contributed by atoms with Crippen LogP contribution >= 0.6 is 0 Å². The molecule has 1 aliphatic heterocycles. The molecule has 3 nitrogen and oxygen atoms in total. The molecule has 2 rings (SSSR count). The third kappa shape index (κ3) is 0.719. The van der Waals surface area contributed by atoms with Gasteiger partial charge in [0.05, 0.1) is 11.9 Å². The summed E-state index contributed by atoms with van der Waals surface area (Å²) in [5, 5.41) is 3.83. The number of benzene rings is 1. The Morgan fingerprint density at radius 1 is 1.20 bits per heavy atom. The van der Waals surface area contributed by atoms with Gasteiger partial charge >= 0.3 is 0 Å². The number of hydrogen-bond donors (Lipinski definition) is 2. The van der Waals surface area contributed by atoms with Crippen LogP contribution in [0.2, 0.25) is 0 Å². The van der Waals surface area contributed by atoms with Crippen LogP contribution in [0.3, 0.4) is 0 Å². The number of nitrogens with one attached hydrogen (secondary N) is 2. The predicted octanol–water partition coefficient (Wildman–Crippen LogP) is 0.951. The van der Waals surface area contributed by atoms with Gasteiger partial charge < -0.3 is 0 Å². The van der Waals surface area contributed by atoms with Crippen molar-refractivity contribution in [2.75, 3.05) is 5.43 Å². The Morgan fingerprint density at radius 3 is 3.00 bits per heavy atom. The molecule has 0 fully saturated rings. The van der Waals surface area contributed by atoms with Crippen LogP contribution in [0.25, 0.3) is 0 Å². The van der Waals surface area contributed by atoms with Crippen LogP contribution in [0.4, 0.5) is 5.69 Å². The zero-order chi connectivity index (χ0) is 6.81. The minimum Gasteiger partial charge on any atom is -0.285 e. The first kappa shape index (κ1) is 5.29. The van der Waals surface area contributed by atoms with Gasteiger partial charge in [0.1, 0.15) is 0 Å². The highest BCUT2D eigenvalue weighted by Crippen LogP contribution is 2.12. The Labute approximate surface area is 58.7 Å². The third-order valence-corrected chi connectivity index (χ3v) is 1.42. The minimum atomic E-state index is 1.07. The van der Waals surface area contributed by atoms with Crippen LogP contribution in [0, 0.1) is 0 Å². The molecule has 0 unspecified atom stereocenters. The van der Waals surface area contributed by atoms with E-state index < -0.39 is 0 Å². The van der Waals surface area contributed by atoms with Crippen LogP contribution in [0.1, 0.15) is 5.56 Å². The van der Waals surface area contributed by atoms with Crippen molar-refractivity contribution in [1.29, 1.82) is 0 Å². The number of fused-ring (bicyclic) bond motifs is 1. The van der Waals surface area contributed by atoms with E-state index >= 15 is 0 Å². The van der Waals surface area contributed by atoms with E-state index in [1.54, 1.807) is 6.21 Å². The number of hydrazone groups is 1. The van der Waals surface area contributed by atoms with Crippen molar-refractivity contribution < 1.29 is 0 Å². The normalized spacial score (nSPS) is 13.2. The molecule has 0 saturated heterocycles. The Kier molecular flexibility index (Phi) is 1.07. The van der Waals surface area contributed by atoms with Crippen LogP contribution in [-0.2, 0) is 0 Å². The molecule has 0 radical (unpaired) electrons.